The first-order chi connectivity index (χ1) is 16.3. The molecule has 12 nitrogen and oxygen atoms in total. The summed E-state index contributed by atoms with van der Waals surface area (Å²) >= 11 is 0. The van der Waals surface area contributed by atoms with Gasteiger partial charge in [0.25, 0.3) is 0 Å². The van der Waals surface area contributed by atoms with Gasteiger partial charge >= 0.3 is 11.9 Å². The molecule has 0 radical (unpaired) electrons. The standard InChI is InChI=1S/C22H23N5O7/c1-4-33-22(30)19-18(20(28)14-9-16(31-2)17(32-3)10-15(14)24)25-27(26-19)11-34-21(29)12-5-7-13(23)8-6-12/h5-10H,4,11,23-24H2,1-3H3. The Morgan fingerprint density at radius 1 is 0.882 bits per heavy atom. The lowest BCUT2D eigenvalue weighted by Gasteiger charge is -2.11. The second kappa shape index (κ2) is 10.3. The first-order valence-corrected chi connectivity index (χ1v) is 10.00. The second-order valence-corrected chi connectivity index (χ2v) is 6.80. The molecule has 34 heavy (non-hydrogen) atoms. The predicted molar refractivity (Wildman–Crippen MR) is 120 cm³/mol. The lowest BCUT2D eigenvalue weighted by Crippen LogP contribution is -2.14. The molecular weight excluding hydrogens is 446 g/mol. The number of methoxy groups -OCH3 is 2. The van der Waals surface area contributed by atoms with Gasteiger partial charge in [0, 0.05) is 17.4 Å². The van der Waals surface area contributed by atoms with Gasteiger partial charge in [0.2, 0.25) is 18.2 Å². The van der Waals surface area contributed by atoms with E-state index in [0.717, 1.165) is 4.80 Å². The van der Waals surface area contributed by atoms with Gasteiger partial charge in [-0.15, -0.1) is 15.0 Å². The number of hydrogen-bond donors (Lipinski definition) is 2. The van der Waals surface area contributed by atoms with Crippen LogP contribution in [0, 0.1) is 0 Å². The highest BCUT2D eigenvalue weighted by Gasteiger charge is 2.28. The van der Waals surface area contributed by atoms with E-state index < -0.39 is 24.5 Å². The van der Waals surface area contributed by atoms with Crippen molar-refractivity contribution in [2.24, 2.45) is 0 Å². The molecule has 0 aliphatic heterocycles. The summed E-state index contributed by atoms with van der Waals surface area (Å²) in [5.74, 6) is -1.69. The molecule has 3 aromatic rings. The minimum absolute atomic E-state index is 0.00844. The number of benzene rings is 2. The number of nitrogens with two attached hydrogens (primary N) is 2. The summed E-state index contributed by atoms with van der Waals surface area (Å²) in [4.78, 5) is 38.8. The van der Waals surface area contributed by atoms with E-state index in [0.29, 0.717) is 11.4 Å². The zero-order chi connectivity index (χ0) is 24.8. The Balaban J connectivity index is 1.92. The number of aromatic nitrogens is 3. The highest BCUT2D eigenvalue weighted by molar-refractivity contribution is 6.15. The van der Waals surface area contributed by atoms with Crippen LogP contribution in [0.25, 0.3) is 0 Å². The minimum Gasteiger partial charge on any atom is -0.493 e. The van der Waals surface area contributed by atoms with Crippen LogP contribution >= 0.6 is 0 Å². The van der Waals surface area contributed by atoms with Crippen LogP contribution in [0.2, 0.25) is 0 Å². The molecule has 12 heteroatoms. The van der Waals surface area contributed by atoms with E-state index in [2.05, 4.69) is 10.2 Å². The molecule has 0 spiro atoms. The van der Waals surface area contributed by atoms with E-state index in [1.165, 1.54) is 38.5 Å². The van der Waals surface area contributed by atoms with Gasteiger partial charge in [-0.1, -0.05) is 0 Å². The number of nitrogens with zero attached hydrogens (tertiary/aromatic N) is 3. The van der Waals surface area contributed by atoms with Crippen molar-refractivity contribution in [3.8, 4) is 11.5 Å². The van der Waals surface area contributed by atoms with Crippen LogP contribution in [-0.4, -0.2) is 53.5 Å². The van der Waals surface area contributed by atoms with Crippen LogP contribution < -0.4 is 20.9 Å². The topological polar surface area (TPSA) is 171 Å². The van der Waals surface area contributed by atoms with E-state index in [-0.39, 0.29) is 40.6 Å². The molecule has 178 valence electrons. The molecule has 2 aromatic carbocycles. The average Bonchev–Trinajstić information content (AvgIpc) is 3.27. The van der Waals surface area contributed by atoms with E-state index in [1.54, 1.807) is 19.1 Å². The normalized spacial score (nSPS) is 10.4. The molecule has 0 atom stereocenters. The van der Waals surface area contributed by atoms with Gasteiger partial charge in [-0.2, -0.15) is 0 Å². The second-order valence-electron chi connectivity index (χ2n) is 6.80. The van der Waals surface area contributed by atoms with Crippen molar-refractivity contribution in [1.29, 1.82) is 0 Å². The fourth-order valence-electron chi connectivity index (χ4n) is 2.93. The minimum atomic E-state index is -0.874. The number of esters is 2. The van der Waals surface area contributed by atoms with Crippen LogP contribution in [0.3, 0.4) is 0 Å². The molecule has 0 aliphatic rings. The SMILES string of the molecule is CCOC(=O)c1nn(COC(=O)c2ccc(N)cc2)nc1C(=O)c1cc(OC)c(OC)cc1N. The van der Waals surface area contributed by atoms with Gasteiger partial charge in [-0.3, -0.25) is 4.79 Å². The number of anilines is 2. The van der Waals surface area contributed by atoms with E-state index in [4.69, 9.17) is 30.4 Å². The number of ketones is 1. The third-order valence-electron chi connectivity index (χ3n) is 4.60. The van der Waals surface area contributed by atoms with Crippen molar-refractivity contribution in [3.63, 3.8) is 0 Å². The lowest BCUT2D eigenvalue weighted by molar-refractivity contribution is 0.0319. The molecule has 0 saturated heterocycles. The predicted octanol–water partition coefficient (Wildman–Crippen LogP) is 1.68. The van der Waals surface area contributed by atoms with Crippen molar-refractivity contribution in [2.75, 3.05) is 32.3 Å². The fraction of sp³-hybridized carbons (Fsp3) is 0.227. The number of hydrogen-bond acceptors (Lipinski definition) is 11. The van der Waals surface area contributed by atoms with E-state index in [1.807, 2.05) is 0 Å². The van der Waals surface area contributed by atoms with Gasteiger partial charge in [-0.05, 0) is 37.3 Å². The Morgan fingerprint density at radius 2 is 1.50 bits per heavy atom. The lowest BCUT2D eigenvalue weighted by atomic mass is 10.0. The molecule has 0 unspecified atom stereocenters. The quantitative estimate of drug-likeness (QED) is 0.265. The first kappa shape index (κ1) is 24.0. The van der Waals surface area contributed by atoms with Gasteiger partial charge in [0.15, 0.2) is 17.2 Å². The molecule has 1 heterocycles. The largest absolute Gasteiger partial charge is 0.493 e. The monoisotopic (exact) mass is 469 g/mol. The van der Waals surface area contributed by atoms with Gasteiger partial charge in [0.05, 0.1) is 32.0 Å². The van der Waals surface area contributed by atoms with Gasteiger partial charge in [0.1, 0.15) is 0 Å². The number of nitrogen functional groups attached to an aromatic ring is 2. The van der Waals surface area contributed by atoms with Gasteiger partial charge < -0.3 is 30.4 Å². The van der Waals surface area contributed by atoms with Crippen LogP contribution in [0.5, 0.6) is 11.5 Å². The highest BCUT2D eigenvalue weighted by atomic mass is 16.5. The van der Waals surface area contributed by atoms with Crippen LogP contribution in [0.1, 0.15) is 43.8 Å². The Kier molecular flexibility index (Phi) is 7.31. The summed E-state index contributed by atoms with van der Waals surface area (Å²) in [6.07, 6.45) is 0. The Hall–Kier alpha value is -4.61. The molecule has 1 aromatic heterocycles. The third-order valence-corrected chi connectivity index (χ3v) is 4.60. The number of carbonyl (C=O) groups is 3. The number of rotatable bonds is 9. The van der Waals surface area contributed by atoms with Crippen LogP contribution in [0.4, 0.5) is 11.4 Å². The maximum Gasteiger partial charge on any atom is 0.361 e. The number of ether oxygens (including phenoxy) is 4. The van der Waals surface area contributed by atoms with Crippen molar-refractivity contribution < 1.29 is 33.3 Å². The molecule has 0 amide bonds. The Bertz CT molecular complexity index is 1220. The van der Waals surface area contributed by atoms with Crippen molar-refractivity contribution in [3.05, 3.63) is 58.9 Å². The van der Waals surface area contributed by atoms with E-state index in [9.17, 15) is 14.4 Å². The molecular formula is C22H23N5O7. The molecule has 0 aliphatic carbocycles. The Morgan fingerprint density at radius 3 is 2.12 bits per heavy atom. The summed E-state index contributed by atoms with van der Waals surface area (Å²) in [6.45, 7) is 1.18. The summed E-state index contributed by atoms with van der Waals surface area (Å²) in [7, 11) is 2.83. The summed E-state index contributed by atoms with van der Waals surface area (Å²) in [6, 6.07) is 8.86. The summed E-state index contributed by atoms with van der Waals surface area (Å²) in [5, 5.41) is 8.02. The fourth-order valence-corrected chi connectivity index (χ4v) is 2.93. The average molecular weight is 469 g/mol. The zero-order valence-electron chi connectivity index (χ0n) is 18.7. The maximum atomic E-state index is 13.2. The van der Waals surface area contributed by atoms with Crippen molar-refractivity contribution in [2.45, 2.75) is 13.7 Å². The van der Waals surface area contributed by atoms with Gasteiger partial charge in [-0.25, -0.2) is 9.59 Å². The summed E-state index contributed by atoms with van der Waals surface area (Å²) < 4.78 is 20.6. The third kappa shape index (κ3) is 5.06. The molecule has 0 bridgehead atoms. The highest BCUT2D eigenvalue weighted by Crippen LogP contribution is 2.33. The van der Waals surface area contributed by atoms with Crippen molar-refractivity contribution >= 4 is 29.1 Å². The van der Waals surface area contributed by atoms with Crippen molar-refractivity contribution in [1.82, 2.24) is 15.0 Å². The Labute approximate surface area is 194 Å². The maximum absolute atomic E-state index is 13.2. The van der Waals surface area contributed by atoms with Crippen LogP contribution in [0.15, 0.2) is 36.4 Å². The molecule has 0 fully saturated rings. The summed E-state index contributed by atoms with van der Waals surface area (Å²) in [5.41, 5.74) is 11.8. The van der Waals surface area contributed by atoms with E-state index >= 15 is 0 Å². The van der Waals surface area contributed by atoms with Crippen LogP contribution in [-0.2, 0) is 16.2 Å². The molecule has 0 saturated carbocycles. The first-order valence-electron chi connectivity index (χ1n) is 10.00. The molecule has 4 N–H and O–H groups in total. The molecule has 3 rings (SSSR count). The number of carbonyl (C=O) groups excluding carboxylic acids is 3. The smallest absolute Gasteiger partial charge is 0.361 e. The zero-order valence-corrected chi connectivity index (χ0v) is 18.7.